The van der Waals surface area contributed by atoms with Gasteiger partial charge in [0.1, 0.15) is 5.82 Å². The van der Waals surface area contributed by atoms with Gasteiger partial charge in [-0.15, -0.1) is 0 Å². The van der Waals surface area contributed by atoms with Crippen LogP contribution in [0.4, 0.5) is 4.39 Å². The Bertz CT molecular complexity index is 488. The van der Waals surface area contributed by atoms with Crippen molar-refractivity contribution in [1.29, 1.82) is 0 Å². The van der Waals surface area contributed by atoms with Crippen LogP contribution in [0.5, 0.6) is 0 Å². The molecule has 0 aromatic heterocycles. The summed E-state index contributed by atoms with van der Waals surface area (Å²) in [4.78, 5) is 12.4. The summed E-state index contributed by atoms with van der Waals surface area (Å²) < 4.78 is 13.9. The fraction of sp³-hybridized carbons (Fsp3) is 0.438. The zero-order valence-corrected chi connectivity index (χ0v) is 12.3. The molecule has 0 radical (unpaired) electrons. The van der Waals surface area contributed by atoms with E-state index in [1.165, 1.54) is 12.1 Å². The van der Waals surface area contributed by atoms with Gasteiger partial charge in [-0.1, -0.05) is 12.1 Å². The van der Waals surface area contributed by atoms with Gasteiger partial charge < -0.3 is 15.1 Å². The van der Waals surface area contributed by atoms with E-state index in [-0.39, 0.29) is 12.4 Å². The minimum absolute atomic E-state index is 0.212. The maximum Gasteiger partial charge on any atom is 0.328 e. The van der Waals surface area contributed by atoms with Crippen molar-refractivity contribution in [2.75, 3.05) is 20.2 Å². The Labute approximate surface area is 124 Å². The third kappa shape index (κ3) is 7.02. The third-order valence-electron chi connectivity index (χ3n) is 3.13. The highest BCUT2D eigenvalue weighted by molar-refractivity contribution is 5.85. The summed E-state index contributed by atoms with van der Waals surface area (Å²) in [6.07, 6.45) is 5.09. The second-order valence-corrected chi connectivity index (χ2v) is 5.04. The Hall–Kier alpha value is -1.72. The van der Waals surface area contributed by atoms with Gasteiger partial charge in [-0.2, -0.15) is 0 Å². The molecule has 5 heteroatoms. The quantitative estimate of drug-likeness (QED) is 0.543. The number of nitrogens with zero attached hydrogens (tertiary/aromatic N) is 1. The molecule has 21 heavy (non-hydrogen) atoms. The smallest absolute Gasteiger partial charge is 0.328 e. The summed E-state index contributed by atoms with van der Waals surface area (Å²) >= 11 is 0. The minimum atomic E-state index is -1.05. The first-order chi connectivity index (χ1) is 10.0. The van der Waals surface area contributed by atoms with Gasteiger partial charge in [-0.3, -0.25) is 0 Å². The van der Waals surface area contributed by atoms with Crippen molar-refractivity contribution >= 4 is 12.0 Å². The zero-order valence-electron chi connectivity index (χ0n) is 12.3. The largest absolute Gasteiger partial charge is 0.478 e. The number of carboxylic acids is 1. The molecule has 0 heterocycles. The molecule has 1 aromatic carbocycles. The molecule has 0 fully saturated rings. The Morgan fingerprint density at radius 2 is 2.10 bits per heavy atom. The molecule has 0 bridgehead atoms. The van der Waals surface area contributed by atoms with Crippen molar-refractivity contribution in [3.63, 3.8) is 0 Å². The maximum absolute atomic E-state index is 13.9. The number of hydrogen-bond acceptors (Lipinski definition) is 3. The number of carbonyl (C=O) groups is 1. The summed E-state index contributed by atoms with van der Waals surface area (Å²) in [5, 5.41) is 17.2. The van der Waals surface area contributed by atoms with Crippen LogP contribution in [0.25, 0.3) is 6.08 Å². The SMILES string of the molecule is CN(CCCCCO)Cc1ccc(/C=C/C(=O)O)cc1F. The number of aliphatic hydroxyl groups excluding tert-OH is 1. The number of rotatable bonds is 9. The topological polar surface area (TPSA) is 60.8 Å². The number of halogens is 1. The standard InChI is InChI=1S/C16H22FNO3/c1-18(9-3-2-4-10-19)12-14-7-5-13(11-15(14)17)6-8-16(20)21/h5-8,11,19H,2-4,9-10,12H2,1H3,(H,20,21)/b8-6+. The van der Waals surface area contributed by atoms with Crippen molar-refractivity contribution in [3.8, 4) is 0 Å². The second kappa shape index (κ2) is 9.26. The average molecular weight is 295 g/mol. The number of benzene rings is 1. The van der Waals surface area contributed by atoms with Gasteiger partial charge in [0.05, 0.1) is 0 Å². The van der Waals surface area contributed by atoms with Crippen molar-refractivity contribution in [2.45, 2.75) is 25.8 Å². The molecule has 0 unspecified atom stereocenters. The normalized spacial score (nSPS) is 11.4. The Kier molecular flexibility index (Phi) is 7.64. The van der Waals surface area contributed by atoms with Crippen LogP contribution in [0.3, 0.4) is 0 Å². The molecule has 1 rings (SSSR count). The van der Waals surface area contributed by atoms with Gasteiger partial charge in [0.2, 0.25) is 0 Å². The molecule has 0 aliphatic carbocycles. The molecule has 0 saturated heterocycles. The summed E-state index contributed by atoms with van der Waals surface area (Å²) in [5.74, 6) is -1.38. The lowest BCUT2D eigenvalue weighted by Crippen LogP contribution is -2.19. The zero-order chi connectivity index (χ0) is 15.7. The number of carboxylic acid groups (broad SMARTS) is 1. The fourth-order valence-corrected chi connectivity index (χ4v) is 2.00. The van der Waals surface area contributed by atoms with E-state index >= 15 is 0 Å². The molecule has 116 valence electrons. The molecular formula is C16H22FNO3. The Morgan fingerprint density at radius 3 is 2.71 bits per heavy atom. The number of aliphatic carboxylic acids is 1. The van der Waals surface area contributed by atoms with Crippen LogP contribution >= 0.6 is 0 Å². The molecule has 1 aromatic rings. The Balaban J connectivity index is 2.54. The van der Waals surface area contributed by atoms with Crippen molar-refractivity contribution in [3.05, 3.63) is 41.2 Å². The predicted molar refractivity (Wildman–Crippen MR) is 80.3 cm³/mol. The lowest BCUT2D eigenvalue weighted by molar-refractivity contribution is -0.131. The van der Waals surface area contributed by atoms with E-state index in [1.807, 2.05) is 11.9 Å². The summed E-state index contributed by atoms with van der Waals surface area (Å²) in [5.41, 5.74) is 1.12. The highest BCUT2D eigenvalue weighted by atomic mass is 19.1. The van der Waals surface area contributed by atoms with E-state index in [0.29, 0.717) is 17.7 Å². The second-order valence-electron chi connectivity index (χ2n) is 5.04. The first-order valence-electron chi connectivity index (χ1n) is 7.01. The van der Waals surface area contributed by atoms with Crippen LogP contribution in [0.1, 0.15) is 30.4 Å². The van der Waals surface area contributed by atoms with Crippen LogP contribution in [-0.4, -0.2) is 41.3 Å². The number of hydrogen-bond donors (Lipinski definition) is 2. The van der Waals surface area contributed by atoms with E-state index in [9.17, 15) is 9.18 Å². The van der Waals surface area contributed by atoms with Crippen LogP contribution in [0.2, 0.25) is 0 Å². The van der Waals surface area contributed by atoms with Crippen LogP contribution < -0.4 is 0 Å². The highest BCUT2D eigenvalue weighted by Crippen LogP contribution is 2.14. The number of unbranched alkanes of at least 4 members (excludes halogenated alkanes) is 2. The predicted octanol–water partition coefficient (Wildman–Crippen LogP) is 2.52. The molecule has 4 nitrogen and oxygen atoms in total. The van der Waals surface area contributed by atoms with Crippen molar-refractivity contribution < 1.29 is 19.4 Å². The molecule has 0 atom stereocenters. The highest BCUT2D eigenvalue weighted by Gasteiger charge is 2.06. The first kappa shape index (κ1) is 17.3. The lowest BCUT2D eigenvalue weighted by Gasteiger charge is -2.17. The molecule has 0 amide bonds. The van der Waals surface area contributed by atoms with Gasteiger partial charge in [-0.05, 0) is 50.6 Å². The van der Waals surface area contributed by atoms with Gasteiger partial charge in [0.15, 0.2) is 0 Å². The van der Waals surface area contributed by atoms with E-state index in [1.54, 1.807) is 12.1 Å². The van der Waals surface area contributed by atoms with E-state index < -0.39 is 5.97 Å². The lowest BCUT2D eigenvalue weighted by atomic mass is 10.1. The summed E-state index contributed by atoms with van der Waals surface area (Å²) in [6, 6.07) is 4.73. The van der Waals surface area contributed by atoms with E-state index in [4.69, 9.17) is 10.2 Å². The van der Waals surface area contributed by atoms with Gasteiger partial charge in [0, 0.05) is 24.8 Å². The molecule has 0 aliphatic heterocycles. The minimum Gasteiger partial charge on any atom is -0.478 e. The van der Waals surface area contributed by atoms with E-state index in [2.05, 4.69) is 0 Å². The van der Waals surface area contributed by atoms with Gasteiger partial charge in [-0.25, -0.2) is 9.18 Å². The third-order valence-corrected chi connectivity index (χ3v) is 3.13. The summed E-state index contributed by atoms with van der Waals surface area (Å²) in [6.45, 7) is 1.57. The van der Waals surface area contributed by atoms with Crippen molar-refractivity contribution in [1.82, 2.24) is 4.90 Å². The maximum atomic E-state index is 13.9. The van der Waals surface area contributed by atoms with E-state index in [0.717, 1.165) is 31.9 Å². The summed E-state index contributed by atoms with van der Waals surface area (Å²) in [7, 11) is 1.93. The van der Waals surface area contributed by atoms with Gasteiger partial charge >= 0.3 is 5.97 Å². The average Bonchev–Trinajstić information content (AvgIpc) is 2.44. The van der Waals surface area contributed by atoms with Crippen LogP contribution in [0, 0.1) is 5.82 Å². The van der Waals surface area contributed by atoms with Crippen LogP contribution in [-0.2, 0) is 11.3 Å². The molecule has 0 aliphatic rings. The molecule has 0 spiro atoms. The monoisotopic (exact) mass is 295 g/mol. The van der Waals surface area contributed by atoms with Crippen LogP contribution in [0.15, 0.2) is 24.3 Å². The Morgan fingerprint density at radius 1 is 1.33 bits per heavy atom. The molecule has 0 saturated carbocycles. The van der Waals surface area contributed by atoms with Crippen molar-refractivity contribution in [2.24, 2.45) is 0 Å². The molecule has 2 N–H and O–H groups in total. The fourth-order valence-electron chi connectivity index (χ4n) is 2.00. The van der Waals surface area contributed by atoms with Gasteiger partial charge in [0.25, 0.3) is 0 Å². The molecular weight excluding hydrogens is 273 g/mol. The number of aliphatic hydroxyl groups is 1. The first-order valence-corrected chi connectivity index (χ1v) is 7.01.